The predicted octanol–water partition coefficient (Wildman–Crippen LogP) is 2.52. The minimum absolute atomic E-state index is 0.168. The molecular weight excluding hydrogens is 304 g/mol. The lowest BCUT2D eigenvalue weighted by molar-refractivity contribution is 0.0946. The Balaban J connectivity index is 1.98. The first-order valence-electron chi connectivity index (χ1n) is 7.98. The molecule has 0 saturated carbocycles. The highest BCUT2D eigenvalue weighted by Crippen LogP contribution is 2.27. The van der Waals surface area contributed by atoms with Gasteiger partial charge in [-0.3, -0.25) is 4.79 Å². The average molecular weight is 328 g/mol. The molecule has 2 rings (SSSR count). The molecule has 0 saturated heterocycles. The van der Waals surface area contributed by atoms with Crippen molar-refractivity contribution >= 4 is 17.3 Å². The number of nitrogens with one attached hydrogen (secondary N) is 2. The number of para-hydroxylation sites is 2. The molecule has 2 aromatic rings. The number of carbonyl (C=O) groups is 1. The second-order valence-corrected chi connectivity index (χ2v) is 5.55. The molecule has 24 heavy (non-hydrogen) atoms. The Morgan fingerprint density at radius 3 is 2.67 bits per heavy atom. The number of likely N-dealkylation sites (N-methyl/N-ethyl adjacent to an activating group) is 1. The maximum Gasteiger partial charge on any atom is 0.269 e. The van der Waals surface area contributed by atoms with Gasteiger partial charge in [0.25, 0.3) is 5.91 Å². The van der Waals surface area contributed by atoms with Gasteiger partial charge in [-0.15, -0.1) is 0 Å². The van der Waals surface area contributed by atoms with Crippen LogP contribution in [0.3, 0.4) is 0 Å². The van der Waals surface area contributed by atoms with Crippen LogP contribution in [0.4, 0.5) is 11.4 Å². The number of pyridine rings is 1. The van der Waals surface area contributed by atoms with E-state index in [1.54, 1.807) is 12.3 Å². The van der Waals surface area contributed by atoms with E-state index in [4.69, 9.17) is 4.74 Å². The summed E-state index contributed by atoms with van der Waals surface area (Å²) in [6, 6.07) is 11.2. The van der Waals surface area contributed by atoms with E-state index in [1.807, 2.05) is 56.3 Å². The predicted molar refractivity (Wildman–Crippen MR) is 96.0 cm³/mol. The summed E-state index contributed by atoms with van der Waals surface area (Å²) in [5, 5.41) is 6.10. The van der Waals surface area contributed by atoms with Crippen LogP contribution in [0.25, 0.3) is 0 Å². The van der Waals surface area contributed by atoms with Crippen molar-refractivity contribution in [1.82, 2.24) is 15.2 Å². The molecule has 1 heterocycles. The molecule has 1 aromatic carbocycles. The summed E-state index contributed by atoms with van der Waals surface area (Å²) < 4.78 is 5.58. The first kappa shape index (κ1) is 17.7. The largest absolute Gasteiger partial charge is 0.492 e. The standard InChI is InChI=1S/C18H24N4O2/c1-4-24-17-8-6-5-7-15(17)21-14-9-10-16(20-13-14)18(23)19-11-12-22(2)3/h5-10,13,21H,4,11-12H2,1-3H3,(H,19,23). The van der Waals surface area contributed by atoms with Crippen LogP contribution in [0.1, 0.15) is 17.4 Å². The second-order valence-electron chi connectivity index (χ2n) is 5.55. The van der Waals surface area contributed by atoms with Crippen LogP contribution in [-0.2, 0) is 0 Å². The van der Waals surface area contributed by atoms with Crippen molar-refractivity contribution < 1.29 is 9.53 Å². The molecule has 0 bridgehead atoms. The monoisotopic (exact) mass is 328 g/mol. The van der Waals surface area contributed by atoms with E-state index in [-0.39, 0.29) is 5.91 Å². The van der Waals surface area contributed by atoms with Crippen LogP contribution in [0.5, 0.6) is 5.75 Å². The highest BCUT2D eigenvalue weighted by Gasteiger charge is 2.08. The molecule has 0 aliphatic rings. The van der Waals surface area contributed by atoms with Crippen LogP contribution in [-0.4, -0.2) is 49.6 Å². The molecule has 0 unspecified atom stereocenters. The third kappa shape index (κ3) is 5.24. The Labute approximate surface area is 142 Å². The van der Waals surface area contributed by atoms with Gasteiger partial charge < -0.3 is 20.3 Å². The molecule has 6 nitrogen and oxygen atoms in total. The van der Waals surface area contributed by atoms with Crippen LogP contribution in [0.15, 0.2) is 42.6 Å². The average Bonchev–Trinajstić information content (AvgIpc) is 2.57. The first-order chi connectivity index (χ1) is 11.6. The number of rotatable bonds is 8. The molecule has 6 heteroatoms. The van der Waals surface area contributed by atoms with Crippen molar-refractivity contribution in [2.45, 2.75) is 6.92 Å². The van der Waals surface area contributed by atoms with Gasteiger partial charge in [-0.05, 0) is 45.3 Å². The summed E-state index contributed by atoms with van der Waals surface area (Å²) in [6.07, 6.45) is 1.64. The topological polar surface area (TPSA) is 66.5 Å². The zero-order valence-electron chi connectivity index (χ0n) is 14.4. The van der Waals surface area contributed by atoms with Crippen LogP contribution >= 0.6 is 0 Å². The Morgan fingerprint density at radius 1 is 1.21 bits per heavy atom. The van der Waals surface area contributed by atoms with Crippen molar-refractivity contribution in [1.29, 1.82) is 0 Å². The minimum atomic E-state index is -0.168. The van der Waals surface area contributed by atoms with Gasteiger partial charge in [0.05, 0.1) is 24.2 Å². The lowest BCUT2D eigenvalue weighted by atomic mass is 10.2. The van der Waals surface area contributed by atoms with Gasteiger partial charge in [0.2, 0.25) is 0 Å². The van der Waals surface area contributed by atoms with Gasteiger partial charge in [0.1, 0.15) is 11.4 Å². The molecule has 2 N–H and O–H groups in total. The molecular formula is C18H24N4O2. The summed E-state index contributed by atoms with van der Waals surface area (Å²) in [4.78, 5) is 18.2. The van der Waals surface area contributed by atoms with Crippen molar-refractivity contribution in [3.8, 4) is 5.75 Å². The van der Waals surface area contributed by atoms with E-state index in [2.05, 4.69) is 15.6 Å². The number of ether oxygens (including phenoxy) is 1. The third-order valence-corrected chi connectivity index (χ3v) is 3.31. The van der Waals surface area contributed by atoms with E-state index in [0.29, 0.717) is 18.8 Å². The Bertz CT molecular complexity index is 656. The molecule has 0 spiro atoms. The van der Waals surface area contributed by atoms with Gasteiger partial charge in [-0.2, -0.15) is 0 Å². The lowest BCUT2D eigenvalue weighted by Crippen LogP contribution is -2.31. The number of aromatic nitrogens is 1. The van der Waals surface area contributed by atoms with Crippen LogP contribution in [0.2, 0.25) is 0 Å². The van der Waals surface area contributed by atoms with Gasteiger partial charge in [0, 0.05) is 13.1 Å². The van der Waals surface area contributed by atoms with Crippen LogP contribution < -0.4 is 15.4 Å². The van der Waals surface area contributed by atoms with Crippen molar-refractivity contribution in [3.05, 3.63) is 48.3 Å². The zero-order valence-corrected chi connectivity index (χ0v) is 14.4. The SMILES string of the molecule is CCOc1ccccc1Nc1ccc(C(=O)NCCN(C)C)nc1. The fourth-order valence-corrected chi connectivity index (χ4v) is 2.09. The van der Waals surface area contributed by atoms with E-state index >= 15 is 0 Å². The second kappa shape index (κ2) is 8.88. The smallest absolute Gasteiger partial charge is 0.269 e. The molecule has 0 fully saturated rings. The summed E-state index contributed by atoms with van der Waals surface area (Å²) in [5.41, 5.74) is 2.06. The van der Waals surface area contributed by atoms with Crippen molar-refractivity contribution in [2.75, 3.05) is 39.1 Å². The van der Waals surface area contributed by atoms with E-state index in [1.165, 1.54) is 0 Å². The molecule has 0 aliphatic carbocycles. The summed E-state index contributed by atoms with van der Waals surface area (Å²) >= 11 is 0. The summed E-state index contributed by atoms with van der Waals surface area (Å²) in [6.45, 7) is 3.93. The Morgan fingerprint density at radius 2 is 2.00 bits per heavy atom. The Hall–Kier alpha value is -2.60. The lowest BCUT2D eigenvalue weighted by Gasteiger charge is -2.12. The van der Waals surface area contributed by atoms with Gasteiger partial charge in [-0.1, -0.05) is 12.1 Å². The first-order valence-corrected chi connectivity index (χ1v) is 7.98. The number of carbonyl (C=O) groups excluding carboxylic acids is 1. The van der Waals surface area contributed by atoms with Gasteiger partial charge in [-0.25, -0.2) is 4.98 Å². The fourth-order valence-electron chi connectivity index (χ4n) is 2.09. The van der Waals surface area contributed by atoms with Gasteiger partial charge >= 0.3 is 0 Å². The molecule has 1 amide bonds. The highest BCUT2D eigenvalue weighted by molar-refractivity contribution is 5.92. The number of hydrogen-bond donors (Lipinski definition) is 2. The third-order valence-electron chi connectivity index (χ3n) is 3.31. The van der Waals surface area contributed by atoms with Crippen LogP contribution in [0, 0.1) is 0 Å². The van der Waals surface area contributed by atoms with E-state index in [0.717, 1.165) is 23.7 Å². The molecule has 0 aliphatic heterocycles. The fraction of sp³-hybridized carbons (Fsp3) is 0.333. The zero-order chi connectivity index (χ0) is 17.4. The van der Waals surface area contributed by atoms with E-state index in [9.17, 15) is 4.79 Å². The Kier molecular flexibility index (Phi) is 6.57. The number of amides is 1. The normalized spacial score (nSPS) is 10.5. The molecule has 1 aromatic heterocycles. The summed E-state index contributed by atoms with van der Waals surface area (Å²) in [7, 11) is 3.93. The number of anilines is 2. The number of hydrogen-bond acceptors (Lipinski definition) is 5. The molecule has 0 atom stereocenters. The highest BCUT2D eigenvalue weighted by atomic mass is 16.5. The number of benzene rings is 1. The maximum atomic E-state index is 12.0. The summed E-state index contributed by atoms with van der Waals surface area (Å²) in [5.74, 6) is 0.614. The molecule has 0 radical (unpaired) electrons. The quantitative estimate of drug-likeness (QED) is 0.779. The minimum Gasteiger partial charge on any atom is -0.492 e. The molecule has 128 valence electrons. The van der Waals surface area contributed by atoms with Gasteiger partial charge in [0.15, 0.2) is 0 Å². The van der Waals surface area contributed by atoms with Crippen molar-refractivity contribution in [3.63, 3.8) is 0 Å². The maximum absolute atomic E-state index is 12.0. The van der Waals surface area contributed by atoms with E-state index < -0.39 is 0 Å². The number of nitrogens with zero attached hydrogens (tertiary/aromatic N) is 2. The van der Waals surface area contributed by atoms with Crippen molar-refractivity contribution in [2.24, 2.45) is 0 Å².